The zero-order chi connectivity index (χ0) is 12.7. The van der Waals surface area contributed by atoms with Crippen molar-refractivity contribution in [3.8, 4) is 0 Å². The van der Waals surface area contributed by atoms with Crippen LogP contribution in [-0.2, 0) is 9.59 Å². The number of hydrogen-bond acceptors (Lipinski definition) is 3. The summed E-state index contributed by atoms with van der Waals surface area (Å²) in [5.74, 6) is -0.148. The van der Waals surface area contributed by atoms with E-state index >= 15 is 0 Å². The van der Waals surface area contributed by atoms with Gasteiger partial charge in [-0.15, -0.1) is 11.3 Å². The van der Waals surface area contributed by atoms with E-state index in [4.69, 9.17) is 0 Å². The summed E-state index contributed by atoms with van der Waals surface area (Å²) >= 11 is 1.54. The van der Waals surface area contributed by atoms with Crippen LogP contribution in [0.15, 0.2) is 17.5 Å². The molecule has 0 radical (unpaired) electrons. The van der Waals surface area contributed by atoms with Crippen LogP contribution in [0.5, 0.6) is 0 Å². The third-order valence-corrected chi connectivity index (χ3v) is 3.21. The molecule has 0 bridgehead atoms. The Morgan fingerprint density at radius 3 is 2.76 bits per heavy atom. The van der Waals surface area contributed by atoms with Crippen molar-refractivity contribution in [2.24, 2.45) is 0 Å². The molecular weight excluding hydrogens is 236 g/mol. The van der Waals surface area contributed by atoms with Crippen LogP contribution in [0.3, 0.4) is 0 Å². The lowest BCUT2D eigenvalue weighted by Gasteiger charge is -2.16. The van der Waals surface area contributed by atoms with Gasteiger partial charge in [0.15, 0.2) is 0 Å². The third kappa shape index (κ3) is 4.99. The van der Waals surface area contributed by atoms with E-state index in [2.05, 4.69) is 10.6 Å². The van der Waals surface area contributed by atoms with E-state index in [-0.39, 0.29) is 17.9 Å². The van der Waals surface area contributed by atoms with Crippen LogP contribution >= 0.6 is 11.3 Å². The number of hydrogen-bond donors (Lipinski definition) is 2. The Balaban J connectivity index is 2.58. The maximum Gasteiger partial charge on any atom is 0.222 e. The molecule has 4 nitrogen and oxygen atoms in total. The number of rotatable bonds is 6. The van der Waals surface area contributed by atoms with Crippen LogP contribution in [0.1, 0.15) is 37.6 Å². The van der Waals surface area contributed by atoms with Crippen LogP contribution < -0.4 is 10.6 Å². The van der Waals surface area contributed by atoms with Crippen molar-refractivity contribution in [3.05, 3.63) is 22.4 Å². The molecule has 2 N–H and O–H groups in total. The number of carbonyl (C=O) groups excluding carboxylic acids is 2. The van der Waals surface area contributed by atoms with E-state index in [1.165, 1.54) is 6.92 Å². The van der Waals surface area contributed by atoms with Gasteiger partial charge >= 0.3 is 0 Å². The summed E-state index contributed by atoms with van der Waals surface area (Å²) in [6.07, 6.45) is 1.20. The number of carbonyl (C=O) groups is 2. The molecule has 1 aromatic heterocycles. The second-order valence-corrected chi connectivity index (χ2v) is 4.80. The molecule has 1 atom stereocenters. The van der Waals surface area contributed by atoms with E-state index in [1.807, 2.05) is 24.4 Å². The van der Waals surface area contributed by atoms with Gasteiger partial charge in [-0.3, -0.25) is 9.59 Å². The van der Waals surface area contributed by atoms with Gasteiger partial charge in [-0.25, -0.2) is 0 Å². The summed E-state index contributed by atoms with van der Waals surface area (Å²) in [6.45, 7) is 4.14. The first-order valence-electron chi connectivity index (χ1n) is 5.70. The lowest BCUT2D eigenvalue weighted by Crippen LogP contribution is -2.32. The summed E-state index contributed by atoms with van der Waals surface area (Å²) in [7, 11) is 0. The number of nitrogens with one attached hydrogen (secondary N) is 2. The van der Waals surface area contributed by atoms with Gasteiger partial charge in [0.1, 0.15) is 0 Å². The highest BCUT2D eigenvalue weighted by atomic mass is 32.1. The highest BCUT2D eigenvalue weighted by Gasteiger charge is 2.17. The molecule has 0 aliphatic carbocycles. The molecule has 0 aliphatic rings. The quantitative estimate of drug-likeness (QED) is 0.814. The molecule has 17 heavy (non-hydrogen) atoms. The summed E-state index contributed by atoms with van der Waals surface area (Å²) in [5.41, 5.74) is 0. The normalized spacial score (nSPS) is 11.9. The molecule has 0 spiro atoms. The standard InChI is InChI=1S/C12H18N2O2S/c1-3-6-13-12(16)8-10(14-9(2)15)11-5-4-7-17-11/h4-5,7,10H,3,6,8H2,1-2H3,(H,13,16)(H,14,15). The lowest BCUT2D eigenvalue weighted by molar-refractivity contribution is -0.122. The van der Waals surface area contributed by atoms with Gasteiger partial charge in [-0.2, -0.15) is 0 Å². The summed E-state index contributed by atoms with van der Waals surface area (Å²) in [5, 5.41) is 7.55. The topological polar surface area (TPSA) is 58.2 Å². The Kier molecular flexibility index (Phi) is 5.69. The fraction of sp³-hybridized carbons (Fsp3) is 0.500. The molecule has 0 fully saturated rings. The molecule has 0 aliphatic heterocycles. The highest BCUT2D eigenvalue weighted by molar-refractivity contribution is 7.10. The molecule has 0 aromatic carbocycles. The lowest BCUT2D eigenvalue weighted by atomic mass is 10.1. The Hall–Kier alpha value is -1.36. The van der Waals surface area contributed by atoms with Crippen molar-refractivity contribution in [2.75, 3.05) is 6.54 Å². The third-order valence-electron chi connectivity index (χ3n) is 2.23. The monoisotopic (exact) mass is 254 g/mol. The molecule has 0 saturated carbocycles. The zero-order valence-corrected chi connectivity index (χ0v) is 11.0. The van der Waals surface area contributed by atoms with Crippen LogP contribution in [-0.4, -0.2) is 18.4 Å². The summed E-state index contributed by atoms with van der Waals surface area (Å²) < 4.78 is 0. The van der Waals surface area contributed by atoms with Crippen molar-refractivity contribution in [2.45, 2.75) is 32.7 Å². The molecule has 5 heteroatoms. The van der Waals surface area contributed by atoms with E-state index in [0.29, 0.717) is 13.0 Å². The van der Waals surface area contributed by atoms with Gasteiger partial charge in [0.25, 0.3) is 0 Å². The molecule has 1 unspecified atom stereocenters. The van der Waals surface area contributed by atoms with Crippen molar-refractivity contribution in [1.82, 2.24) is 10.6 Å². The summed E-state index contributed by atoms with van der Waals surface area (Å²) in [4.78, 5) is 23.7. The first-order valence-corrected chi connectivity index (χ1v) is 6.58. The average molecular weight is 254 g/mol. The van der Waals surface area contributed by atoms with Gasteiger partial charge in [0, 0.05) is 18.3 Å². The largest absolute Gasteiger partial charge is 0.356 e. The second kappa shape index (κ2) is 7.06. The van der Waals surface area contributed by atoms with E-state index in [0.717, 1.165) is 11.3 Å². The van der Waals surface area contributed by atoms with Crippen molar-refractivity contribution in [1.29, 1.82) is 0 Å². The second-order valence-electron chi connectivity index (χ2n) is 3.82. The molecule has 1 heterocycles. The van der Waals surface area contributed by atoms with Crippen LogP contribution in [0.4, 0.5) is 0 Å². The maximum absolute atomic E-state index is 11.6. The van der Waals surface area contributed by atoms with Gasteiger partial charge in [-0.1, -0.05) is 13.0 Å². The number of thiophene rings is 1. The smallest absolute Gasteiger partial charge is 0.222 e. The predicted octanol–water partition coefficient (Wildman–Crippen LogP) is 1.84. The molecule has 94 valence electrons. The SMILES string of the molecule is CCCNC(=O)CC(NC(C)=O)c1cccs1. The minimum atomic E-state index is -0.218. The van der Waals surface area contributed by atoms with E-state index in [1.54, 1.807) is 11.3 Å². The fourth-order valence-electron chi connectivity index (χ4n) is 1.48. The van der Waals surface area contributed by atoms with Crippen molar-refractivity contribution in [3.63, 3.8) is 0 Å². The van der Waals surface area contributed by atoms with Crippen LogP contribution in [0.25, 0.3) is 0 Å². The molecular formula is C12H18N2O2S. The first-order chi connectivity index (χ1) is 8.13. The van der Waals surface area contributed by atoms with Crippen LogP contribution in [0.2, 0.25) is 0 Å². The minimum Gasteiger partial charge on any atom is -0.356 e. The molecule has 1 aromatic rings. The Morgan fingerprint density at radius 1 is 1.47 bits per heavy atom. The average Bonchev–Trinajstić information content (AvgIpc) is 2.78. The van der Waals surface area contributed by atoms with Gasteiger partial charge < -0.3 is 10.6 Å². The number of amides is 2. The van der Waals surface area contributed by atoms with Crippen molar-refractivity contribution < 1.29 is 9.59 Å². The Bertz CT molecular complexity index is 363. The first kappa shape index (κ1) is 13.7. The predicted molar refractivity (Wildman–Crippen MR) is 68.8 cm³/mol. The van der Waals surface area contributed by atoms with Gasteiger partial charge in [0.2, 0.25) is 11.8 Å². The van der Waals surface area contributed by atoms with Crippen molar-refractivity contribution >= 4 is 23.2 Å². The van der Waals surface area contributed by atoms with E-state index < -0.39 is 0 Å². The fourth-order valence-corrected chi connectivity index (χ4v) is 2.26. The van der Waals surface area contributed by atoms with E-state index in [9.17, 15) is 9.59 Å². The molecule has 2 amide bonds. The molecule has 1 rings (SSSR count). The maximum atomic E-state index is 11.6. The van der Waals surface area contributed by atoms with Crippen LogP contribution in [0, 0.1) is 0 Å². The highest BCUT2D eigenvalue weighted by Crippen LogP contribution is 2.21. The van der Waals surface area contributed by atoms with Gasteiger partial charge in [0.05, 0.1) is 12.5 Å². The Morgan fingerprint density at radius 2 is 2.24 bits per heavy atom. The minimum absolute atomic E-state index is 0.0287. The molecule has 0 saturated heterocycles. The Labute approximate surface area is 105 Å². The summed E-state index contributed by atoms with van der Waals surface area (Å²) in [6, 6.07) is 3.63. The zero-order valence-electron chi connectivity index (χ0n) is 10.2. The van der Waals surface area contributed by atoms with Gasteiger partial charge in [-0.05, 0) is 17.9 Å².